The lowest BCUT2D eigenvalue weighted by atomic mass is 10.1. The number of hydrogen-bond acceptors (Lipinski definition) is 3. The smallest absolute Gasteiger partial charge is 0.321 e. The fourth-order valence-corrected chi connectivity index (χ4v) is 2.94. The van der Waals surface area contributed by atoms with Gasteiger partial charge < -0.3 is 15.0 Å². The average Bonchev–Trinajstić information content (AvgIpc) is 3.11. The van der Waals surface area contributed by atoms with E-state index in [2.05, 4.69) is 5.32 Å². The van der Waals surface area contributed by atoms with E-state index in [-0.39, 0.29) is 11.9 Å². The van der Waals surface area contributed by atoms with Gasteiger partial charge in [-0.1, -0.05) is 30.3 Å². The number of urea groups is 1. The molecule has 1 fully saturated rings. The number of methoxy groups -OCH3 is 1. The van der Waals surface area contributed by atoms with Crippen LogP contribution >= 0.6 is 0 Å². The summed E-state index contributed by atoms with van der Waals surface area (Å²) in [5.41, 5.74) is 2.46. The Morgan fingerprint density at radius 3 is 2.50 bits per heavy atom. The predicted molar refractivity (Wildman–Crippen MR) is 100 cm³/mol. The van der Waals surface area contributed by atoms with E-state index in [9.17, 15) is 9.59 Å². The lowest BCUT2D eigenvalue weighted by Gasteiger charge is -2.23. The monoisotopic (exact) mass is 353 g/mol. The molecule has 3 amide bonds. The van der Waals surface area contributed by atoms with E-state index < -0.39 is 0 Å². The van der Waals surface area contributed by atoms with Gasteiger partial charge in [-0.15, -0.1) is 0 Å². The van der Waals surface area contributed by atoms with Gasteiger partial charge in [0, 0.05) is 44.5 Å². The van der Waals surface area contributed by atoms with Crippen LogP contribution < -0.4 is 10.2 Å². The number of carbonyl (C=O) groups excluding carboxylic acids is 2. The van der Waals surface area contributed by atoms with E-state index in [1.807, 2.05) is 42.5 Å². The van der Waals surface area contributed by atoms with Crippen LogP contribution in [-0.2, 0) is 11.3 Å². The molecule has 0 atom stereocenters. The van der Waals surface area contributed by atoms with Crippen LogP contribution in [0.3, 0.4) is 0 Å². The minimum Gasteiger partial charge on any atom is -0.383 e. The van der Waals surface area contributed by atoms with Crippen molar-refractivity contribution in [3.8, 4) is 0 Å². The molecule has 2 aromatic carbocycles. The summed E-state index contributed by atoms with van der Waals surface area (Å²) in [7, 11) is 1.63. The largest absolute Gasteiger partial charge is 0.383 e. The first-order valence-corrected chi connectivity index (χ1v) is 8.66. The molecule has 0 radical (unpaired) electrons. The first-order valence-electron chi connectivity index (χ1n) is 8.66. The Labute approximate surface area is 153 Å². The number of hydrogen-bond donors (Lipinski definition) is 1. The predicted octanol–water partition coefficient (Wildman–Crippen LogP) is 2.51. The molecule has 1 heterocycles. The minimum absolute atomic E-state index is 0.0525. The van der Waals surface area contributed by atoms with Gasteiger partial charge in [0.25, 0.3) is 5.91 Å². The SMILES string of the molecule is COCCN(Cc1ccccc1)C(=O)c1ccc(N2CCNC2=O)cc1. The summed E-state index contributed by atoms with van der Waals surface area (Å²) in [6.07, 6.45) is 0. The molecule has 6 nitrogen and oxygen atoms in total. The quantitative estimate of drug-likeness (QED) is 0.832. The topological polar surface area (TPSA) is 61.9 Å². The van der Waals surface area contributed by atoms with Crippen molar-refractivity contribution in [1.82, 2.24) is 10.2 Å². The Hall–Kier alpha value is -2.86. The second-order valence-electron chi connectivity index (χ2n) is 6.14. The van der Waals surface area contributed by atoms with Crippen molar-refractivity contribution in [2.45, 2.75) is 6.54 Å². The van der Waals surface area contributed by atoms with Gasteiger partial charge >= 0.3 is 6.03 Å². The summed E-state index contributed by atoms with van der Waals surface area (Å²) in [5.74, 6) is -0.0525. The third kappa shape index (κ3) is 4.21. The maximum Gasteiger partial charge on any atom is 0.321 e. The van der Waals surface area contributed by atoms with Gasteiger partial charge in [-0.25, -0.2) is 4.79 Å². The lowest BCUT2D eigenvalue weighted by Crippen LogP contribution is -2.33. The van der Waals surface area contributed by atoms with E-state index in [0.29, 0.717) is 38.3 Å². The van der Waals surface area contributed by atoms with Gasteiger partial charge in [0.2, 0.25) is 0 Å². The summed E-state index contributed by atoms with van der Waals surface area (Å²) in [6, 6.07) is 17.0. The van der Waals surface area contributed by atoms with Gasteiger partial charge in [0.05, 0.1) is 6.61 Å². The molecular formula is C20H23N3O3. The summed E-state index contributed by atoms with van der Waals surface area (Å²) in [4.78, 5) is 28.1. The summed E-state index contributed by atoms with van der Waals surface area (Å²) in [5, 5.41) is 2.77. The third-order valence-electron chi connectivity index (χ3n) is 4.35. The first kappa shape index (κ1) is 17.9. The Bertz CT molecular complexity index is 747. The second-order valence-corrected chi connectivity index (χ2v) is 6.14. The molecule has 6 heteroatoms. The number of nitrogens with one attached hydrogen (secondary N) is 1. The van der Waals surface area contributed by atoms with Crippen LogP contribution in [0.2, 0.25) is 0 Å². The molecule has 0 spiro atoms. The fraction of sp³-hybridized carbons (Fsp3) is 0.300. The maximum atomic E-state index is 12.9. The second kappa shape index (κ2) is 8.49. The molecule has 1 aliphatic rings. The minimum atomic E-state index is -0.102. The molecule has 0 unspecified atom stereocenters. The maximum absolute atomic E-state index is 12.9. The normalized spacial score (nSPS) is 13.6. The number of rotatable bonds is 7. The summed E-state index contributed by atoms with van der Waals surface area (Å²) < 4.78 is 5.15. The molecule has 0 saturated carbocycles. The zero-order chi connectivity index (χ0) is 18.4. The van der Waals surface area contributed by atoms with Crippen LogP contribution in [-0.4, -0.2) is 50.2 Å². The van der Waals surface area contributed by atoms with Crippen molar-refractivity contribution < 1.29 is 14.3 Å². The van der Waals surface area contributed by atoms with Crippen LogP contribution in [0.25, 0.3) is 0 Å². The molecule has 136 valence electrons. The van der Waals surface area contributed by atoms with Gasteiger partial charge in [0.1, 0.15) is 0 Å². The van der Waals surface area contributed by atoms with E-state index in [1.165, 1.54) is 0 Å². The third-order valence-corrected chi connectivity index (χ3v) is 4.35. The number of anilines is 1. The van der Waals surface area contributed by atoms with Crippen LogP contribution in [0.5, 0.6) is 0 Å². The standard InChI is InChI=1S/C20H23N3O3/c1-26-14-13-22(15-16-5-3-2-4-6-16)19(24)17-7-9-18(10-8-17)23-12-11-21-20(23)25/h2-10H,11-15H2,1H3,(H,21,25). The van der Waals surface area contributed by atoms with Gasteiger partial charge in [0.15, 0.2) is 0 Å². The molecule has 26 heavy (non-hydrogen) atoms. The number of carbonyl (C=O) groups is 2. The summed E-state index contributed by atoms with van der Waals surface area (Å²) >= 11 is 0. The number of benzene rings is 2. The molecule has 3 rings (SSSR count). The average molecular weight is 353 g/mol. The molecule has 0 aliphatic carbocycles. The molecule has 2 aromatic rings. The first-order chi connectivity index (χ1) is 12.7. The van der Waals surface area contributed by atoms with Crippen molar-refractivity contribution in [3.63, 3.8) is 0 Å². The van der Waals surface area contributed by atoms with Crippen molar-refractivity contribution >= 4 is 17.6 Å². The molecular weight excluding hydrogens is 330 g/mol. The Kier molecular flexibility index (Phi) is 5.86. The van der Waals surface area contributed by atoms with E-state index in [4.69, 9.17) is 4.74 Å². The van der Waals surface area contributed by atoms with Crippen LogP contribution in [0.15, 0.2) is 54.6 Å². The number of nitrogens with zero attached hydrogens (tertiary/aromatic N) is 2. The van der Waals surface area contributed by atoms with Crippen LogP contribution in [0.1, 0.15) is 15.9 Å². The lowest BCUT2D eigenvalue weighted by molar-refractivity contribution is 0.0680. The van der Waals surface area contributed by atoms with E-state index in [0.717, 1.165) is 11.3 Å². The number of ether oxygens (including phenoxy) is 1. The molecule has 1 aliphatic heterocycles. The highest BCUT2D eigenvalue weighted by Gasteiger charge is 2.22. The highest BCUT2D eigenvalue weighted by Crippen LogP contribution is 2.18. The van der Waals surface area contributed by atoms with E-state index >= 15 is 0 Å². The molecule has 0 bridgehead atoms. The molecule has 0 aromatic heterocycles. The zero-order valence-electron chi connectivity index (χ0n) is 14.9. The molecule has 1 saturated heterocycles. The Morgan fingerprint density at radius 1 is 1.15 bits per heavy atom. The Balaban J connectivity index is 1.74. The van der Waals surface area contributed by atoms with Crippen molar-refractivity contribution in [2.75, 3.05) is 38.3 Å². The van der Waals surface area contributed by atoms with Gasteiger partial charge in [-0.3, -0.25) is 9.69 Å². The highest BCUT2D eigenvalue weighted by molar-refractivity contribution is 5.97. The van der Waals surface area contributed by atoms with E-state index in [1.54, 1.807) is 29.0 Å². The summed E-state index contributed by atoms with van der Waals surface area (Å²) in [6.45, 7) is 2.80. The van der Waals surface area contributed by atoms with Crippen LogP contribution in [0, 0.1) is 0 Å². The van der Waals surface area contributed by atoms with Crippen molar-refractivity contribution in [3.05, 3.63) is 65.7 Å². The van der Waals surface area contributed by atoms with Crippen LogP contribution in [0.4, 0.5) is 10.5 Å². The fourth-order valence-electron chi connectivity index (χ4n) is 2.94. The highest BCUT2D eigenvalue weighted by atomic mass is 16.5. The number of amides is 3. The van der Waals surface area contributed by atoms with Crippen molar-refractivity contribution in [2.24, 2.45) is 0 Å². The Morgan fingerprint density at radius 2 is 1.88 bits per heavy atom. The van der Waals surface area contributed by atoms with Gasteiger partial charge in [-0.2, -0.15) is 0 Å². The van der Waals surface area contributed by atoms with Gasteiger partial charge in [-0.05, 0) is 29.8 Å². The van der Waals surface area contributed by atoms with Crippen molar-refractivity contribution in [1.29, 1.82) is 0 Å². The zero-order valence-corrected chi connectivity index (χ0v) is 14.9. The molecule has 1 N–H and O–H groups in total.